The lowest BCUT2D eigenvalue weighted by Crippen LogP contribution is -2.40. The lowest BCUT2D eigenvalue weighted by molar-refractivity contribution is -0.384. The fraction of sp³-hybridized carbons (Fsp3) is 0.133. The number of aryl methyl sites for hydroxylation is 2. The highest BCUT2D eigenvalue weighted by Gasteiger charge is 2.28. The van der Waals surface area contributed by atoms with Gasteiger partial charge in [0.1, 0.15) is 18.9 Å². The van der Waals surface area contributed by atoms with Crippen molar-refractivity contribution in [2.75, 3.05) is 10.8 Å². The molecule has 1 N–H and O–H groups in total. The molecule has 0 aliphatic carbocycles. The number of nitro benzene ring substituents is 1. The predicted octanol–water partition coefficient (Wildman–Crippen LogP) is 5.14. The molecule has 4 aromatic rings. The summed E-state index contributed by atoms with van der Waals surface area (Å²) < 4.78 is 33.8. The minimum absolute atomic E-state index is 0.0141. The van der Waals surface area contributed by atoms with E-state index in [1.807, 2.05) is 6.92 Å². The quantitative estimate of drug-likeness (QED) is 0.150. The number of amides is 1. The summed E-state index contributed by atoms with van der Waals surface area (Å²) in [6, 6.07) is 26.4. The van der Waals surface area contributed by atoms with Gasteiger partial charge in [-0.25, -0.2) is 13.8 Å². The van der Waals surface area contributed by atoms with E-state index in [0.717, 1.165) is 15.4 Å². The van der Waals surface area contributed by atoms with E-state index in [9.17, 15) is 23.3 Å². The van der Waals surface area contributed by atoms with Gasteiger partial charge in [0.15, 0.2) is 0 Å². The Morgan fingerprint density at radius 1 is 0.951 bits per heavy atom. The van der Waals surface area contributed by atoms with Crippen LogP contribution in [-0.4, -0.2) is 32.0 Å². The second kappa shape index (κ2) is 12.9. The van der Waals surface area contributed by atoms with Crippen molar-refractivity contribution in [3.8, 4) is 5.75 Å². The van der Waals surface area contributed by atoms with Gasteiger partial charge in [-0.15, -0.1) is 0 Å². The first-order valence-corrected chi connectivity index (χ1v) is 14.0. The Bertz CT molecular complexity index is 1650. The van der Waals surface area contributed by atoms with Crippen molar-refractivity contribution in [2.45, 2.75) is 25.3 Å². The number of benzene rings is 4. The number of para-hydroxylation sites is 1. The molecule has 0 aliphatic rings. The van der Waals surface area contributed by atoms with Crippen LogP contribution in [0.3, 0.4) is 0 Å². The van der Waals surface area contributed by atoms with Crippen molar-refractivity contribution in [3.05, 3.63) is 129 Å². The number of nitro groups is 1. The summed E-state index contributed by atoms with van der Waals surface area (Å²) in [5.41, 5.74) is 5.90. The maximum atomic E-state index is 13.5. The Morgan fingerprint density at radius 3 is 2.24 bits per heavy atom. The molecule has 0 unspecified atom stereocenters. The molecule has 0 aliphatic heterocycles. The molecule has 210 valence electrons. The summed E-state index contributed by atoms with van der Waals surface area (Å²) in [7, 11) is -4.03. The van der Waals surface area contributed by atoms with Crippen LogP contribution in [0.5, 0.6) is 5.75 Å². The van der Waals surface area contributed by atoms with Crippen LogP contribution >= 0.6 is 0 Å². The molecule has 0 heterocycles. The van der Waals surface area contributed by atoms with E-state index >= 15 is 0 Å². The van der Waals surface area contributed by atoms with Crippen molar-refractivity contribution in [1.82, 2.24) is 5.43 Å². The third-order valence-corrected chi connectivity index (χ3v) is 7.89. The Hall–Kier alpha value is -5.03. The number of hydrogen-bond acceptors (Lipinski definition) is 7. The molecule has 0 spiro atoms. The molecule has 1 amide bonds. The highest BCUT2D eigenvalue weighted by molar-refractivity contribution is 7.92. The normalized spacial score (nSPS) is 11.3. The summed E-state index contributed by atoms with van der Waals surface area (Å²) in [6.45, 7) is 3.42. The molecular weight excluding hydrogens is 544 g/mol. The molecule has 0 radical (unpaired) electrons. The van der Waals surface area contributed by atoms with Gasteiger partial charge in [-0.2, -0.15) is 5.10 Å². The van der Waals surface area contributed by atoms with Gasteiger partial charge in [-0.3, -0.25) is 19.2 Å². The standard InChI is InChI=1S/C30H28N4O6S/c1-22-7-17-28(18-8-22)41(38,39)33(29-6-4-3-5-23(29)2)20-30(35)32-31-19-24-11-15-27(16-12-24)40-21-25-9-13-26(14-10-25)34(36)37/h3-19H,20-21H2,1-2H3,(H,32,35)/b31-19-. The van der Waals surface area contributed by atoms with E-state index in [1.165, 1.54) is 30.5 Å². The molecule has 0 saturated heterocycles. The summed E-state index contributed by atoms with van der Waals surface area (Å²) in [6.07, 6.45) is 1.44. The smallest absolute Gasteiger partial charge is 0.269 e. The lowest BCUT2D eigenvalue weighted by Gasteiger charge is -2.25. The number of anilines is 1. The summed E-state index contributed by atoms with van der Waals surface area (Å²) in [4.78, 5) is 23.2. The zero-order valence-electron chi connectivity index (χ0n) is 22.4. The van der Waals surface area contributed by atoms with Gasteiger partial charge in [0.05, 0.1) is 21.7 Å². The Labute approximate surface area is 238 Å². The van der Waals surface area contributed by atoms with Crippen LogP contribution in [0, 0.1) is 24.0 Å². The average Bonchev–Trinajstić information content (AvgIpc) is 2.96. The van der Waals surface area contributed by atoms with Crippen molar-refractivity contribution < 1.29 is 22.9 Å². The van der Waals surface area contributed by atoms with E-state index < -0.39 is 27.4 Å². The van der Waals surface area contributed by atoms with E-state index in [1.54, 1.807) is 79.7 Å². The van der Waals surface area contributed by atoms with Gasteiger partial charge in [0.2, 0.25) is 0 Å². The lowest BCUT2D eigenvalue weighted by atomic mass is 10.2. The molecular formula is C30H28N4O6S. The van der Waals surface area contributed by atoms with E-state index in [4.69, 9.17) is 4.74 Å². The molecule has 0 fully saturated rings. The van der Waals surface area contributed by atoms with Gasteiger partial charge in [0.25, 0.3) is 21.6 Å². The number of rotatable bonds is 11. The van der Waals surface area contributed by atoms with Gasteiger partial charge in [-0.1, -0.05) is 35.9 Å². The van der Waals surface area contributed by atoms with Crippen LogP contribution in [0.25, 0.3) is 0 Å². The number of ether oxygens (including phenoxy) is 1. The van der Waals surface area contributed by atoms with Crippen molar-refractivity contribution in [1.29, 1.82) is 0 Å². The molecule has 41 heavy (non-hydrogen) atoms. The van der Waals surface area contributed by atoms with Crippen LogP contribution in [0.2, 0.25) is 0 Å². The maximum Gasteiger partial charge on any atom is 0.269 e. The summed E-state index contributed by atoms with van der Waals surface area (Å²) in [5, 5.41) is 14.8. The molecule has 4 rings (SSSR count). The van der Waals surface area contributed by atoms with Crippen molar-refractivity contribution in [2.24, 2.45) is 5.10 Å². The summed E-state index contributed by atoms with van der Waals surface area (Å²) in [5.74, 6) is -0.0250. The maximum absolute atomic E-state index is 13.5. The number of carbonyl (C=O) groups is 1. The number of non-ortho nitro benzene ring substituents is 1. The van der Waals surface area contributed by atoms with Crippen molar-refractivity contribution >= 4 is 33.5 Å². The van der Waals surface area contributed by atoms with Crippen molar-refractivity contribution in [3.63, 3.8) is 0 Å². The SMILES string of the molecule is Cc1ccc(S(=O)(=O)N(CC(=O)N/N=C\c2ccc(OCc3ccc([N+](=O)[O-])cc3)cc2)c2ccccc2C)cc1. The average molecular weight is 573 g/mol. The first kappa shape index (κ1) is 29.0. The number of hydrogen-bond donors (Lipinski definition) is 1. The number of carbonyl (C=O) groups excluding carboxylic acids is 1. The fourth-order valence-corrected chi connectivity index (χ4v) is 5.34. The molecule has 0 aromatic heterocycles. The first-order chi connectivity index (χ1) is 19.6. The minimum atomic E-state index is -4.03. The number of nitrogens with one attached hydrogen (secondary N) is 1. The number of nitrogens with zero attached hydrogens (tertiary/aromatic N) is 3. The monoisotopic (exact) mass is 572 g/mol. The van der Waals surface area contributed by atoms with Gasteiger partial charge >= 0.3 is 0 Å². The first-order valence-electron chi connectivity index (χ1n) is 12.6. The van der Waals surface area contributed by atoms with E-state index in [2.05, 4.69) is 10.5 Å². The van der Waals surface area contributed by atoms with Crippen LogP contribution in [0.4, 0.5) is 11.4 Å². The molecule has 0 bridgehead atoms. The summed E-state index contributed by atoms with van der Waals surface area (Å²) >= 11 is 0. The van der Waals surface area contributed by atoms with Crippen LogP contribution in [-0.2, 0) is 21.4 Å². The van der Waals surface area contributed by atoms with Crippen LogP contribution in [0.1, 0.15) is 22.3 Å². The molecule has 10 nitrogen and oxygen atoms in total. The minimum Gasteiger partial charge on any atom is -0.489 e. The second-order valence-corrected chi connectivity index (χ2v) is 11.0. The third-order valence-electron chi connectivity index (χ3n) is 6.12. The zero-order chi connectivity index (χ0) is 29.4. The van der Waals surface area contributed by atoms with Crippen LogP contribution < -0.4 is 14.5 Å². The fourth-order valence-electron chi connectivity index (χ4n) is 3.86. The Kier molecular flexibility index (Phi) is 9.10. The number of hydrazone groups is 1. The largest absolute Gasteiger partial charge is 0.489 e. The van der Waals surface area contributed by atoms with E-state index in [0.29, 0.717) is 22.6 Å². The highest BCUT2D eigenvalue weighted by Crippen LogP contribution is 2.26. The molecule has 0 atom stereocenters. The molecule has 0 saturated carbocycles. The highest BCUT2D eigenvalue weighted by atomic mass is 32.2. The Morgan fingerprint density at radius 2 is 1.61 bits per heavy atom. The number of sulfonamides is 1. The topological polar surface area (TPSA) is 131 Å². The zero-order valence-corrected chi connectivity index (χ0v) is 23.2. The molecule has 4 aromatic carbocycles. The van der Waals surface area contributed by atoms with Gasteiger partial charge in [0, 0.05) is 12.1 Å². The van der Waals surface area contributed by atoms with Gasteiger partial charge < -0.3 is 4.74 Å². The van der Waals surface area contributed by atoms with E-state index in [-0.39, 0.29) is 17.2 Å². The van der Waals surface area contributed by atoms with Gasteiger partial charge in [-0.05, 0) is 85.1 Å². The predicted molar refractivity (Wildman–Crippen MR) is 156 cm³/mol. The van der Waals surface area contributed by atoms with Crippen LogP contribution in [0.15, 0.2) is 107 Å². The Balaban J connectivity index is 1.38. The second-order valence-electron chi connectivity index (χ2n) is 9.19. The molecule has 11 heteroatoms. The third kappa shape index (κ3) is 7.55.